The van der Waals surface area contributed by atoms with Crippen LogP contribution in [-0.4, -0.2) is 71.6 Å². The summed E-state index contributed by atoms with van der Waals surface area (Å²) < 4.78 is 24.9. The second-order valence-corrected chi connectivity index (χ2v) is 12.0. The molecular weight excluding hydrogens is 511 g/mol. The number of piperidine rings is 1. The maximum Gasteiger partial charge on any atom is 0.311 e. The largest absolute Gasteiger partial charge is 0.478 e. The van der Waals surface area contributed by atoms with E-state index in [2.05, 4.69) is 21.0 Å². The molecule has 0 amide bonds. The fourth-order valence-corrected chi connectivity index (χ4v) is 6.21. The molecule has 0 bridgehead atoms. The predicted octanol–water partition coefficient (Wildman–Crippen LogP) is 5.12. The van der Waals surface area contributed by atoms with Crippen LogP contribution in [0.3, 0.4) is 0 Å². The van der Waals surface area contributed by atoms with Crippen LogP contribution in [0.1, 0.15) is 69.9 Å². The number of carbonyl (C=O) groups is 1. The van der Waals surface area contributed by atoms with Gasteiger partial charge in [-0.15, -0.1) is 0 Å². The van der Waals surface area contributed by atoms with Gasteiger partial charge in [-0.1, -0.05) is 5.16 Å². The van der Waals surface area contributed by atoms with Crippen molar-refractivity contribution in [1.82, 2.24) is 14.8 Å². The Labute approximate surface area is 235 Å². The topological polar surface area (TPSA) is 76.5 Å². The standard InChI is InChI=1S/C31H39FN4O4/c1-4-38-28-23(16-25(21-6-7-21)27(33-28)22-8-10-24(32)11-9-22)18-35-19-31(20-35)17-26(34-40-31)36-14-12-30(3,13-15-36)29(37)39-5-2/h8-11,16,21H,4-7,12-15,17-20H2,1-3H3. The van der Waals surface area contributed by atoms with Gasteiger partial charge in [-0.3, -0.25) is 9.69 Å². The zero-order valence-corrected chi connectivity index (χ0v) is 23.7. The monoisotopic (exact) mass is 550 g/mol. The lowest BCUT2D eigenvalue weighted by atomic mass is 9.80. The van der Waals surface area contributed by atoms with Crippen molar-refractivity contribution in [3.8, 4) is 17.1 Å². The number of ether oxygens (including phenoxy) is 2. The van der Waals surface area contributed by atoms with Crippen LogP contribution in [0.15, 0.2) is 35.5 Å². The summed E-state index contributed by atoms with van der Waals surface area (Å²) in [6.07, 6.45) is 4.61. The number of carbonyl (C=O) groups excluding carboxylic acids is 1. The van der Waals surface area contributed by atoms with Gasteiger partial charge in [0.25, 0.3) is 0 Å². The average Bonchev–Trinajstić information content (AvgIpc) is 3.68. The highest BCUT2D eigenvalue weighted by Crippen LogP contribution is 2.46. The number of amidine groups is 1. The molecule has 0 atom stereocenters. The Morgan fingerprint density at radius 3 is 2.50 bits per heavy atom. The van der Waals surface area contributed by atoms with Gasteiger partial charge in [-0.05, 0) is 88.3 Å². The Hall–Kier alpha value is -3.20. The van der Waals surface area contributed by atoms with Crippen molar-refractivity contribution in [1.29, 1.82) is 0 Å². The number of nitrogens with zero attached hydrogens (tertiary/aromatic N) is 4. The first-order chi connectivity index (χ1) is 19.3. The fraction of sp³-hybridized carbons (Fsp3) is 0.581. The van der Waals surface area contributed by atoms with Gasteiger partial charge in [-0.2, -0.15) is 0 Å². The molecule has 3 aliphatic heterocycles. The summed E-state index contributed by atoms with van der Waals surface area (Å²) in [4.78, 5) is 28.0. The van der Waals surface area contributed by atoms with Gasteiger partial charge in [0, 0.05) is 43.9 Å². The van der Waals surface area contributed by atoms with Crippen molar-refractivity contribution in [2.45, 2.75) is 70.9 Å². The summed E-state index contributed by atoms with van der Waals surface area (Å²) in [5.41, 5.74) is 3.41. The average molecular weight is 551 g/mol. The molecule has 2 saturated heterocycles. The summed E-state index contributed by atoms with van der Waals surface area (Å²) in [5, 5.41) is 4.48. The van der Waals surface area contributed by atoms with Crippen LogP contribution in [0.2, 0.25) is 0 Å². The number of hydrogen-bond donors (Lipinski definition) is 0. The van der Waals surface area contributed by atoms with Crippen LogP contribution in [0.4, 0.5) is 4.39 Å². The highest BCUT2D eigenvalue weighted by atomic mass is 19.1. The van der Waals surface area contributed by atoms with Crippen LogP contribution in [0, 0.1) is 11.2 Å². The molecular formula is C31H39FN4O4. The first-order valence-electron chi connectivity index (χ1n) is 14.6. The van der Waals surface area contributed by atoms with Crippen LogP contribution < -0.4 is 4.74 Å². The highest BCUT2D eigenvalue weighted by Gasteiger charge is 2.51. The number of benzene rings is 1. The van der Waals surface area contributed by atoms with E-state index in [0.717, 1.165) is 87.5 Å². The minimum atomic E-state index is -0.421. The lowest BCUT2D eigenvalue weighted by Crippen LogP contribution is -2.61. The summed E-state index contributed by atoms with van der Waals surface area (Å²) in [7, 11) is 0. The molecule has 2 aromatic rings. The third-order valence-corrected chi connectivity index (χ3v) is 8.75. The van der Waals surface area contributed by atoms with E-state index in [1.54, 1.807) is 12.1 Å². The number of oxime groups is 1. The molecule has 40 heavy (non-hydrogen) atoms. The van der Waals surface area contributed by atoms with E-state index >= 15 is 0 Å². The summed E-state index contributed by atoms with van der Waals surface area (Å²) in [6, 6.07) is 8.83. The van der Waals surface area contributed by atoms with Crippen molar-refractivity contribution < 1.29 is 23.5 Å². The first-order valence-corrected chi connectivity index (χ1v) is 14.6. The van der Waals surface area contributed by atoms with Gasteiger partial charge in [0.1, 0.15) is 11.7 Å². The van der Waals surface area contributed by atoms with Crippen molar-refractivity contribution in [3.05, 3.63) is 47.3 Å². The number of esters is 1. The van der Waals surface area contributed by atoms with E-state index in [9.17, 15) is 9.18 Å². The molecule has 9 heteroatoms. The Morgan fingerprint density at radius 2 is 1.85 bits per heavy atom. The molecule has 214 valence electrons. The van der Waals surface area contributed by atoms with E-state index < -0.39 is 5.41 Å². The van der Waals surface area contributed by atoms with Crippen molar-refractivity contribution in [3.63, 3.8) is 0 Å². The normalized spacial score (nSPS) is 21.5. The van der Waals surface area contributed by atoms with Gasteiger partial charge < -0.3 is 19.2 Å². The predicted molar refractivity (Wildman–Crippen MR) is 149 cm³/mol. The summed E-state index contributed by atoms with van der Waals surface area (Å²) >= 11 is 0. The number of likely N-dealkylation sites (tertiary alicyclic amines) is 2. The highest BCUT2D eigenvalue weighted by molar-refractivity contribution is 5.85. The van der Waals surface area contributed by atoms with E-state index in [1.165, 1.54) is 17.7 Å². The van der Waals surface area contributed by atoms with Crippen molar-refractivity contribution in [2.24, 2.45) is 10.6 Å². The molecule has 3 fully saturated rings. The first kappa shape index (κ1) is 27.0. The number of pyridine rings is 1. The van der Waals surface area contributed by atoms with Crippen LogP contribution in [0.5, 0.6) is 5.88 Å². The van der Waals surface area contributed by atoms with E-state index in [1.807, 2.05) is 20.8 Å². The maximum atomic E-state index is 13.6. The third kappa shape index (κ3) is 5.28. The van der Waals surface area contributed by atoms with E-state index in [0.29, 0.717) is 25.0 Å². The van der Waals surface area contributed by atoms with Gasteiger partial charge in [0.2, 0.25) is 5.88 Å². The molecule has 4 aliphatic rings. The Balaban J connectivity index is 1.10. The number of rotatable bonds is 8. The smallest absolute Gasteiger partial charge is 0.311 e. The van der Waals surface area contributed by atoms with Crippen LogP contribution in [0.25, 0.3) is 11.3 Å². The molecule has 1 saturated carbocycles. The Morgan fingerprint density at radius 1 is 1.12 bits per heavy atom. The molecule has 1 aromatic carbocycles. The zero-order valence-electron chi connectivity index (χ0n) is 23.7. The molecule has 6 rings (SSSR count). The Kier molecular flexibility index (Phi) is 7.19. The lowest BCUT2D eigenvalue weighted by Gasteiger charge is -2.46. The molecule has 0 radical (unpaired) electrons. The van der Waals surface area contributed by atoms with Gasteiger partial charge in [-0.25, -0.2) is 9.37 Å². The Bertz CT molecular complexity index is 1280. The van der Waals surface area contributed by atoms with Gasteiger partial charge in [0.15, 0.2) is 5.60 Å². The number of halogens is 1. The number of hydrogen-bond acceptors (Lipinski definition) is 8. The molecule has 8 nitrogen and oxygen atoms in total. The van der Waals surface area contributed by atoms with E-state index in [-0.39, 0.29) is 17.4 Å². The molecule has 0 unspecified atom stereocenters. The molecule has 4 heterocycles. The maximum absolute atomic E-state index is 13.6. The summed E-state index contributed by atoms with van der Waals surface area (Å²) in [5.74, 6) is 1.79. The minimum Gasteiger partial charge on any atom is -0.478 e. The van der Waals surface area contributed by atoms with Crippen molar-refractivity contribution >= 4 is 11.8 Å². The lowest BCUT2D eigenvalue weighted by molar-refractivity contribution is -0.156. The third-order valence-electron chi connectivity index (χ3n) is 8.75. The van der Waals surface area contributed by atoms with Gasteiger partial charge >= 0.3 is 5.97 Å². The number of aromatic nitrogens is 1. The molecule has 1 aromatic heterocycles. The zero-order chi connectivity index (χ0) is 27.9. The SMILES string of the molecule is CCOC(=O)C1(C)CCN(C2=NOC3(C2)CN(Cc2cc(C4CC4)c(-c4ccc(F)cc4)nc2OCC)C3)CC1. The fourth-order valence-electron chi connectivity index (χ4n) is 6.21. The van der Waals surface area contributed by atoms with Crippen molar-refractivity contribution in [2.75, 3.05) is 39.4 Å². The van der Waals surface area contributed by atoms with Crippen LogP contribution in [-0.2, 0) is 20.9 Å². The van der Waals surface area contributed by atoms with E-state index in [4.69, 9.17) is 19.3 Å². The second kappa shape index (κ2) is 10.7. The van der Waals surface area contributed by atoms with Gasteiger partial charge in [0.05, 0.1) is 30.7 Å². The van der Waals surface area contributed by atoms with Crippen LogP contribution >= 0.6 is 0 Å². The quantitative estimate of drug-likeness (QED) is 0.423. The molecule has 1 spiro atoms. The summed E-state index contributed by atoms with van der Waals surface area (Å²) in [6.45, 7) is 10.7. The minimum absolute atomic E-state index is 0.0955. The second-order valence-electron chi connectivity index (χ2n) is 12.0. The molecule has 1 aliphatic carbocycles. The molecule has 0 N–H and O–H groups in total.